The molecule has 2 heterocycles. The Balaban J connectivity index is 2.21. The van der Waals surface area contributed by atoms with Gasteiger partial charge >= 0.3 is 5.97 Å². The van der Waals surface area contributed by atoms with Crippen molar-refractivity contribution in [2.24, 2.45) is 5.92 Å². The molecule has 0 radical (unpaired) electrons. The number of aromatic nitrogens is 2. The van der Waals surface area contributed by atoms with E-state index in [2.05, 4.69) is 9.97 Å². The molecule has 0 amide bonds. The van der Waals surface area contributed by atoms with Crippen LogP contribution in [0.15, 0.2) is 12.3 Å². The highest BCUT2D eigenvalue weighted by molar-refractivity contribution is 5.72. The van der Waals surface area contributed by atoms with Gasteiger partial charge in [0.2, 0.25) is 5.95 Å². The van der Waals surface area contributed by atoms with Crippen LogP contribution in [-0.4, -0.2) is 61.4 Å². The number of rotatable bonds is 4. The molecule has 0 spiro atoms. The smallest absolute Gasteiger partial charge is 0.311 e. The lowest BCUT2D eigenvalue weighted by atomic mass is 10.0. The standard InChI is InChI=1S/C12H18N4O3/c1-15(2)12-13-5-4-10(14-12)16(3)9-7-19-6-8(9)11(17)18/h4-5,8-9H,6-7H2,1-3H3,(H,17,18). The predicted molar refractivity (Wildman–Crippen MR) is 70.5 cm³/mol. The molecule has 19 heavy (non-hydrogen) atoms. The normalized spacial score (nSPS) is 22.3. The Morgan fingerprint density at radius 2 is 2.16 bits per heavy atom. The van der Waals surface area contributed by atoms with Gasteiger partial charge in [0.15, 0.2) is 0 Å². The number of carboxylic acid groups (broad SMARTS) is 1. The first kappa shape index (κ1) is 13.5. The van der Waals surface area contributed by atoms with Crippen LogP contribution in [0.3, 0.4) is 0 Å². The van der Waals surface area contributed by atoms with Crippen molar-refractivity contribution in [2.75, 3.05) is 44.2 Å². The van der Waals surface area contributed by atoms with Crippen molar-refractivity contribution < 1.29 is 14.6 Å². The second kappa shape index (κ2) is 5.40. The van der Waals surface area contributed by atoms with Crippen LogP contribution >= 0.6 is 0 Å². The van der Waals surface area contributed by atoms with E-state index < -0.39 is 11.9 Å². The zero-order valence-corrected chi connectivity index (χ0v) is 11.3. The number of hydrogen-bond donors (Lipinski definition) is 1. The van der Waals surface area contributed by atoms with Crippen LogP contribution in [0.1, 0.15) is 0 Å². The second-order valence-electron chi connectivity index (χ2n) is 4.77. The monoisotopic (exact) mass is 266 g/mol. The zero-order chi connectivity index (χ0) is 14.0. The highest BCUT2D eigenvalue weighted by Crippen LogP contribution is 2.23. The van der Waals surface area contributed by atoms with Crippen LogP contribution in [-0.2, 0) is 9.53 Å². The molecule has 1 aromatic rings. The number of likely N-dealkylation sites (N-methyl/N-ethyl adjacent to an activating group) is 1. The minimum absolute atomic E-state index is 0.206. The summed E-state index contributed by atoms with van der Waals surface area (Å²) in [5, 5.41) is 9.17. The topological polar surface area (TPSA) is 78.8 Å². The molecule has 0 aliphatic carbocycles. The Labute approximate surface area is 111 Å². The Bertz CT molecular complexity index is 466. The quantitative estimate of drug-likeness (QED) is 0.826. The zero-order valence-electron chi connectivity index (χ0n) is 11.3. The summed E-state index contributed by atoms with van der Waals surface area (Å²) >= 11 is 0. The van der Waals surface area contributed by atoms with Crippen molar-refractivity contribution >= 4 is 17.7 Å². The van der Waals surface area contributed by atoms with E-state index in [1.807, 2.05) is 26.0 Å². The third-order valence-electron chi connectivity index (χ3n) is 3.25. The molecule has 7 nitrogen and oxygen atoms in total. The molecule has 1 aliphatic heterocycles. The summed E-state index contributed by atoms with van der Waals surface area (Å²) in [7, 11) is 5.55. The van der Waals surface area contributed by atoms with Gasteiger partial charge in [0.1, 0.15) is 11.7 Å². The van der Waals surface area contributed by atoms with Gasteiger partial charge in [-0.1, -0.05) is 0 Å². The van der Waals surface area contributed by atoms with E-state index in [1.54, 1.807) is 17.2 Å². The van der Waals surface area contributed by atoms with Gasteiger partial charge in [0.25, 0.3) is 0 Å². The van der Waals surface area contributed by atoms with Gasteiger partial charge in [-0.15, -0.1) is 0 Å². The Morgan fingerprint density at radius 1 is 1.42 bits per heavy atom. The van der Waals surface area contributed by atoms with E-state index in [1.165, 1.54) is 0 Å². The molecule has 1 aliphatic rings. The minimum atomic E-state index is -0.837. The summed E-state index contributed by atoms with van der Waals surface area (Å²) in [4.78, 5) is 23.4. The van der Waals surface area contributed by atoms with Crippen LogP contribution in [0.25, 0.3) is 0 Å². The second-order valence-corrected chi connectivity index (χ2v) is 4.77. The molecule has 2 atom stereocenters. The van der Waals surface area contributed by atoms with E-state index in [4.69, 9.17) is 4.74 Å². The van der Waals surface area contributed by atoms with Crippen LogP contribution in [0.4, 0.5) is 11.8 Å². The molecular weight excluding hydrogens is 248 g/mol. The molecule has 2 unspecified atom stereocenters. The number of carbonyl (C=O) groups is 1. The molecule has 0 saturated carbocycles. The van der Waals surface area contributed by atoms with Crippen molar-refractivity contribution in [1.29, 1.82) is 0 Å². The van der Waals surface area contributed by atoms with Crippen LogP contribution in [0, 0.1) is 5.92 Å². The fourth-order valence-corrected chi connectivity index (χ4v) is 2.08. The van der Waals surface area contributed by atoms with E-state index in [9.17, 15) is 9.90 Å². The molecule has 2 rings (SSSR count). The van der Waals surface area contributed by atoms with E-state index >= 15 is 0 Å². The average Bonchev–Trinajstić information content (AvgIpc) is 2.87. The van der Waals surface area contributed by atoms with E-state index in [0.717, 1.165) is 0 Å². The number of nitrogens with zero attached hydrogens (tertiary/aromatic N) is 4. The first-order chi connectivity index (χ1) is 9.00. The van der Waals surface area contributed by atoms with Crippen molar-refractivity contribution in [2.45, 2.75) is 6.04 Å². The van der Waals surface area contributed by atoms with Crippen LogP contribution in [0.5, 0.6) is 0 Å². The summed E-state index contributed by atoms with van der Waals surface area (Å²) in [5.41, 5.74) is 0. The first-order valence-electron chi connectivity index (χ1n) is 6.04. The number of carboxylic acids is 1. The largest absolute Gasteiger partial charge is 0.481 e. The lowest BCUT2D eigenvalue weighted by Crippen LogP contribution is -2.41. The molecule has 1 aromatic heterocycles. The summed E-state index contributed by atoms with van der Waals surface area (Å²) in [6.45, 7) is 0.644. The van der Waals surface area contributed by atoms with Gasteiger partial charge in [-0.25, -0.2) is 4.98 Å². The van der Waals surface area contributed by atoms with Crippen molar-refractivity contribution in [1.82, 2.24) is 9.97 Å². The number of anilines is 2. The Hall–Kier alpha value is -1.89. The van der Waals surface area contributed by atoms with Gasteiger partial charge in [-0.3, -0.25) is 4.79 Å². The van der Waals surface area contributed by atoms with Crippen molar-refractivity contribution in [3.63, 3.8) is 0 Å². The van der Waals surface area contributed by atoms with Crippen molar-refractivity contribution in [3.8, 4) is 0 Å². The molecule has 1 saturated heterocycles. The van der Waals surface area contributed by atoms with Gasteiger partial charge in [-0.2, -0.15) is 4.98 Å². The molecule has 1 N–H and O–H groups in total. The maximum Gasteiger partial charge on any atom is 0.311 e. The molecule has 0 bridgehead atoms. The first-order valence-corrected chi connectivity index (χ1v) is 6.04. The molecule has 0 aromatic carbocycles. The molecular formula is C12H18N4O3. The number of aliphatic carboxylic acids is 1. The lowest BCUT2D eigenvalue weighted by molar-refractivity contribution is -0.141. The Kier molecular flexibility index (Phi) is 3.84. The molecule has 1 fully saturated rings. The minimum Gasteiger partial charge on any atom is -0.481 e. The van der Waals surface area contributed by atoms with Gasteiger partial charge in [0.05, 0.1) is 19.3 Å². The highest BCUT2D eigenvalue weighted by Gasteiger charge is 2.37. The van der Waals surface area contributed by atoms with Gasteiger partial charge in [0, 0.05) is 27.3 Å². The SMILES string of the molecule is CN(C)c1nccc(N(C)C2COCC2C(=O)O)n1. The number of ether oxygens (including phenoxy) is 1. The summed E-state index contributed by atoms with van der Waals surface area (Å²) in [5.74, 6) is -0.0744. The van der Waals surface area contributed by atoms with Gasteiger partial charge < -0.3 is 19.6 Å². The predicted octanol–water partition coefficient (Wildman–Crippen LogP) is 0.0784. The van der Waals surface area contributed by atoms with Gasteiger partial charge in [-0.05, 0) is 6.07 Å². The fraction of sp³-hybridized carbons (Fsp3) is 0.583. The van der Waals surface area contributed by atoms with E-state index in [-0.39, 0.29) is 12.6 Å². The lowest BCUT2D eigenvalue weighted by Gasteiger charge is -2.27. The molecule has 104 valence electrons. The molecule has 7 heteroatoms. The average molecular weight is 266 g/mol. The van der Waals surface area contributed by atoms with E-state index in [0.29, 0.717) is 18.4 Å². The van der Waals surface area contributed by atoms with Crippen LogP contribution in [0.2, 0.25) is 0 Å². The maximum atomic E-state index is 11.2. The number of hydrogen-bond acceptors (Lipinski definition) is 6. The third-order valence-corrected chi connectivity index (χ3v) is 3.25. The summed E-state index contributed by atoms with van der Waals surface area (Å²) < 4.78 is 5.28. The highest BCUT2D eigenvalue weighted by atomic mass is 16.5. The maximum absolute atomic E-state index is 11.2. The summed E-state index contributed by atoms with van der Waals surface area (Å²) in [6, 6.07) is 1.56. The Morgan fingerprint density at radius 3 is 2.79 bits per heavy atom. The third kappa shape index (κ3) is 2.76. The van der Waals surface area contributed by atoms with Crippen molar-refractivity contribution in [3.05, 3.63) is 12.3 Å². The fourth-order valence-electron chi connectivity index (χ4n) is 2.08. The summed E-state index contributed by atoms with van der Waals surface area (Å²) in [6.07, 6.45) is 1.67. The van der Waals surface area contributed by atoms with Crippen LogP contribution < -0.4 is 9.80 Å².